The summed E-state index contributed by atoms with van der Waals surface area (Å²) in [4.78, 5) is 31.8. The van der Waals surface area contributed by atoms with Crippen molar-refractivity contribution in [3.05, 3.63) is 12.0 Å². The van der Waals surface area contributed by atoms with Crippen LogP contribution in [0.5, 0.6) is 5.75 Å². The number of aromatic nitrogens is 2. The quantitative estimate of drug-likeness (QED) is 0.841. The summed E-state index contributed by atoms with van der Waals surface area (Å²) in [5.41, 5.74) is -0.600. The molecule has 0 fully saturated rings. The maximum Gasteiger partial charge on any atom is 0.513 e. The van der Waals surface area contributed by atoms with Crippen LogP contribution >= 0.6 is 0 Å². The number of rotatable bonds is 5. The molecule has 0 aliphatic heterocycles. The second-order valence-electron chi connectivity index (χ2n) is 5.86. The van der Waals surface area contributed by atoms with Gasteiger partial charge in [-0.2, -0.15) is 0 Å². The van der Waals surface area contributed by atoms with Crippen LogP contribution in [0.2, 0.25) is 0 Å². The van der Waals surface area contributed by atoms with Gasteiger partial charge in [-0.1, -0.05) is 34.1 Å². The van der Waals surface area contributed by atoms with Gasteiger partial charge in [0, 0.05) is 11.8 Å². The number of unbranched alkanes of at least 4 members (excludes halogenated alkanes) is 1. The third-order valence-electron chi connectivity index (χ3n) is 2.83. The summed E-state index contributed by atoms with van der Waals surface area (Å²) >= 11 is 0. The number of hydrogen-bond acceptors (Lipinski definition) is 6. The molecule has 0 radical (unpaired) electrons. The van der Waals surface area contributed by atoms with Crippen LogP contribution in [0.15, 0.2) is 6.20 Å². The van der Waals surface area contributed by atoms with Crippen molar-refractivity contribution in [3.8, 4) is 5.75 Å². The minimum Gasteiger partial charge on any atom is -0.437 e. The van der Waals surface area contributed by atoms with Crippen molar-refractivity contribution < 1.29 is 19.1 Å². The lowest BCUT2D eigenvalue weighted by Gasteiger charge is -2.18. The van der Waals surface area contributed by atoms with Crippen LogP contribution < -0.4 is 10.1 Å². The topological polar surface area (TPSA) is 90.4 Å². The van der Waals surface area contributed by atoms with E-state index in [0.29, 0.717) is 12.2 Å². The number of carbonyl (C=O) groups is 2. The predicted octanol–water partition coefficient (Wildman–Crippen LogP) is 2.95. The van der Waals surface area contributed by atoms with Crippen molar-refractivity contribution in [1.29, 1.82) is 0 Å². The van der Waals surface area contributed by atoms with Gasteiger partial charge >= 0.3 is 6.16 Å². The maximum absolute atomic E-state index is 12.1. The second kappa shape index (κ2) is 7.72. The molecule has 1 aromatic rings. The molecular formula is C15H23N3O4. The van der Waals surface area contributed by atoms with E-state index < -0.39 is 11.6 Å². The summed E-state index contributed by atoms with van der Waals surface area (Å²) in [6, 6.07) is 0. The van der Waals surface area contributed by atoms with Gasteiger partial charge in [0.1, 0.15) is 5.82 Å². The molecule has 1 heterocycles. The van der Waals surface area contributed by atoms with E-state index in [4.69, 9.17) is 4.74 Å². The Labute approximate surface area is 130 Å². The third-order valence-corrected chi connectivity index (χ3v) is 2.83. The minimum atomic E-state index is -0.892. The van der Waals surface area contributed by atoms with Gasteiger partial charge < -0.3 is 14.8 Å². The standard InChI is InChI=1S/C15H23N3O4/c1-6-7-8-11-16-9-10(22-14(20)21-5)12(17-11)18-13(19)15(2,3)4/h9H,6-8H2,1-5H3,(H,16,17,18,19). The van der Waals surface area contributed by atoms with Gasteiger partial charge in [0.2, 0.25) is 5.91 Å². The highest BCUT2D eigenvalue weighted by Crippen LogP contribution is 2.24. The molecule has 1 amide bonds. The fourth-order valence-corrected chi connectivity index (χ4v) is 1.45. The highest BCUT2D eigenvalue weighted by Gasteiger charge is 2.24. The Bertz CT molecular complexity index is 538. The zero-order chi connectivity index (χ0) is 16.8. The van der Waals surface area contributed by atoms with E-state index >= 15 is 0 Å². The molecule has 22 heavy (non-hydrogen) atoms. The number of anilines is 1. The number of nitrogens with one attached hydrogen (secondary N) is 1. The van der Waals surface area contributed by atoms with Gasteiger partial charge in [0.15, 0.2) is 11.6 Å². The van der Waals surface area contributed by atoms with Gasteiger partial charge in [-0.3, -0.25) is 4.79 Å². The fourth-order valence-electron chi connectivity index (χ4n) is 1.45. The van der Waals surface area contributed by atoms with Gasteiger partial charge in [-0.25, -0.2) is 14.8 Å². The van der Waals surface area contributed by atoms with E-state index in [0.717, 1.165) is 12.8 Å². The van der Waals surface area contributed by atoms with Crippen molar-refractivity contribution in [2.24, 2.45) is 5.41 Å². The molecule has 1 rings (SSSR count). The van der Waals surface area contributed by atoms with Crippen LogP contribution in [0.3, 0.4) is 0 Å². The van der Waals surface area contributed by atoms with E-state index in [1.54, 1.807) is 20.8 Å². The normalized spacial score (nSPS) is 11.0. The second-order valence-corrected chi connectivity index (χ2v) is 5.86. The molecule has 1 aromatic heterocycles. The molecule has 122 valence electrons. The molecular weight excluding hydrogens is 286 g/mol. The monoisotopic (exact) mass is 309 g/mol. The van der Waals surface area contributed by atoms with Crippen LogP contribution in [0.1, 0.15) is 46.4 Å². The van der Waals surface area contributed by atoms with E-state index in [1.807, 2.05) is 0 Å². The Morgan fingerprint density at radius 2 is 2.00 bits per heavy atom. The summed E-state index contributed by atoms with van der Waals surface area (Å²) in [6.45, 7) is 7.41. The molecule has 7 heteroatoms. The lowest BCUT2D eigenvalue weighted by atomic mass is 9.96. The first-order valence-electron chi connectivity index (χ1n) is 7.21. The number of hydrogen-bond donors (Lipinski definition) is 1. The molecule has 0 aliphatic carbocycles. The Kier molecular flexibility index (Phi) is 6.27. The Morgan fingerprint density at radius 1 is 1.32 bits per heavy atom. The molecule has 0 spiro atoms. The highest BCUT2D eigenvalue weighted by atomic mass is 16.7. The smallest absolute Gasteiger partial charge is 0.437 e. The molecule has 0 unspecified atom stereocenters. The summed E-state index contributed by atoms with van der Waals surface area (Å²) in [7, 11) is 1.20. The molecule has 0 aromatic carbocycles. The van der Waals surface area contributed by atoms with E-state index in [-0.39, 0.29) is 17.5 Å². The lowest BCUT2D eigenvalue weighted by Crippen LogP contribution is -2.28. The van der Waals surface area contributed by atoms with Gasteiger partial charge in [0.05, 0.1) is 13.3 Å². The van der Waals surface area contributed by atoms with Gasteiger partial charge in [-0.15, -0.1) is 0 Å². The molecule has 0 saturated heterocycles. The molecule has 1 N–H and O–H groups in total. The number of amides is 1. The lowest BCUT2D eigenvalue weighted by molar-refractivity contribution is -0.123. The van der Waals surface area contributed by atoms with Crippen LogP contribution in [0.4, 0.5) is 10.6 Å². The first kappa shape index (κ1) is 17.9. The molecule has 0 atom stereocenters. The van der Waals surface area contributed by atoms with Crippen molar-refractivity contribution >= 4 is 17.9 Å². The van der Waals surface area contributed by atoms with Crippen molar-refractivity contribution in [2.45, 2.75) is 47.0 Å². The SMILES string of the molecule is CCCCc1ncc(OC(=O)OC)c(NC(=O)C(C)(C)C)n1. The fraction of sp³-hybridized carbons (Fsp3) is 0.600. The number of carbonyl (C=O) groups excluding carboxylic acids is 2. The third kappa shape index (κ3) is 5.31. The minimum absolute atomic E-state index is 0.0599. The zero-order valence-electron chi connectivity index (χ0n) is 13.7. The highest BCUT2D eigenvalue weighted by molar-refractivity contribution is 5.95. The summed E-state index contributed by atoms with van der Waals surface area (Å²) in [5.74, 6) is 0.585. The summed E-state index contributed by atoms with van der Waals surface area (Å²) in [6.07, 6.45) is 3.11. The van der Waals surface area contributed by atoms with Crippen LogP contribution in [-0.2, 0) is 16.0 Å². The van der Waals surface area contributed by atoms with Crippen molar-refractivity contribution in [1.82, 2.24) is 9.97 Å². The molecule has 7 nitrogen and oxygen atoms in total. The average molecular weight is 309 g/mol. The molecule has 0 bridgehead atoms. The number of nitrogens with zero attached hydrogens (tertiary/aromatic N) is 2. The first-order valence-corrected chi connectivity index (χ1v) is 7.21. The van der Waals surface area contributed by atoms with Crippen LogP contribution in [0, 0.1) is 5.41 Å². The first-order chi connectivity index (χ1) is 10.3. The average Bonchev–Trinajstić information content (AvgIpc) is 2.46. The number of methoxy groups -OCH3 is 1. The van der Waals surface area contributed by atoms with E-state index in [1.165, 1.54) is 13.3 Å². The summed E-state index contributed by atoms with van der Waals surface area (Å²) in [5, 5.41) is 2.67. The van der Waals surface area contributed by atoms with Gasteiger partial charge in [0.25, 0.3) is 0 Å². The number of ether oxygens (including phenoxy) is 2. The summed E-state index contributed by atoms with van der Waals surface area (Å²) < 4.78 is 9.41. The van der Waals surface area contributed by atoms with E-state index in [9.17, 15) is 9.59 Å². The largest absolute Gasteiger partial charge is 0.513 e. The van der Waals surface area contributed by atoms with E-state index in [2.05, 4.69) is 26.9 Å². The molecule has 0 aliphatic rings. The maximum atomic E-state index is 12.1. The Balaban J connectivity index is 3.05. The van der Waals surface area contributed by atoms with Gasteiger partial charge in [-0.05, 0) is 6.42 Å². The van der Waals surface area contributed by atoms with Crippen LogP contribution in [0.25, 0.3) is 0 Å². The predicted molar refractivity (Wildman–Crippen MR) is 81.8 cm³/mol. The van der Waals surface area contributed by atoms with Crippen molar-refractivity contribution in [2.75, 3.05) is 12.4 Å². The molecule has 0 saturated carbocycles. The number of aryl methyl sites for hydroxylation is 1. The Hall–Kier alpha value is -2.18. The zero-order valence-corrected chi connectivity index (χ0v) is 13.7. The van der Waals surface area contributed by atoms with Crippen molar-refractivity contribution in [3.63, 3.8) is 0 Å². The van der Waals surface area contributed by atoms with Crippen LogP contribution in [-0.4, -0.2) is 29.1 Å². The Morgan fingerprint density at radius 3 is 2.55 bits per heavy atom.